The second-order valence-electron chi connectivity index (χ2n) is 14.9. The minimum Gasteiger partial charge on any atom is -0.311 e. The summed E-state index contributed by atoms with van der Waals surface area (Å²) in [6.07, 6.45) is 0. The van der Waals surface area contributed by atoms with Crippen molar-refractivity contribution in [3.63, 3.8) is 0 Å². The van der Waals surface area contributed by atoms with Gasteiger partial charge in [-0.15, -0.1) is 0 Å². The Balaban J connectivity index is 1.00. The molecule has 0 radical (unpaired) electrons. The smallest absolute Gasteiger partial charge is 0.0462 e. The predicted octanol–water partition coefficient (Wildman–Crippen LogP) is 15.9. The van der Waals surface area contributed by atoms with E-state index in [4.69, 9.17) is 0 Å². The minimum absolute atomic E-state index is 1.10. The molecule has 11 aromatic carbocycles. The first-order valence-electron chi connectivity index (χ1n) is 19.7. The van der Waals surface area contributed by atoms with E-state index in [1.165, 1.54) is 87.2 Å². The van der Waals surface area contributed by atoms with Crippen molar-refractivity contribution in [3.05, 3.63) is 224 Å². The Morgan fingerprint density at radius 1 is 0.211 bits per heavy atom. The SMILES string of the molecule is c1ccc(-c2ccc(N(c3ccc(-c4ccc5c6ccccc6c6ccccc6c5c4)cc3)c3ccc(-c4cc5ccccc5c5ccccc45)cc3)cc2)cc1. The third-order valence-corrected chi connectivity index (χ3v) is 11.6. The third kappa shape index (κ3) is 5.72. The first kappa shape index (κ1) is 32.9. The number of hydrogen-bond donors (Lipinski definition) is 0. The Bertz CT molecular complexity index is 3220. The molecular weight excluding hydrogens is 687 g/mol. The molecule has 1 heteroatoms. The van der Waals surface area contributed by atoms with E-state index in [2.05, 4.69) is 229 Å². The van der Waals surface area contributed by atoms with E-state index in [0.717, 1.165) is 17.1 Å². The van der Waals surface area contributed by atoms with E-state index >= 15 is 0 Å². The molecule has 1 nitrogen and oxygen atoms in total. The van der Waals surface area contributed by atoms with Gasteiger partial charge in [-0.3, -0.25) is 0 Å². The lowest BCUT2D eigenvalue weighted by atomic mass is 9.92. The summed E-state index contributed by atoms with van der Waals surface area (Å²) in [5.41, 5.74) is 10.6. The van der Waals surface area contributed by atoms with Crippen molar-refractivity contribution in [2.75, 3.05) is 4.90 Å². The Labute approximate surface area is 332 Å². The van der Waals surface area contributed by atoms with E-state index < -0.39 is 0 Å². The van der Waals surface area contributed by atoms with Gasteiger partial charge < -0.3 is 4.90 Å². The van der Waals surface area contributed by atoms with Crippen molar-refractivity contribution < 1.29 is 0 Å². The van der Waals surface area contributed by atoms with Gasteiger partial charge in [0.1, 0.15) is 0 Å². The van der Waals surface area contributed by atoms with Gasteiger partial charge in [0.25, 0.3) is 0 Å². The normalized spacial score (nSPS) is 11.5. The molecule has 11 aromatic rings. The largest absolute Gasteiger partial charge is 0.311 e. The van der Waals surface area contributed by atoms with Crippen molar-refractivity contribution in [1.29, 1.82) is 0 Å². The van der Waals surface area contributed by atoms with Gasteiger partial charge in [-0.1, -0.05) is 176 Å². The van der Waals surface area contributed by atoms with Crippen LogP contribution in [0.2, 0.25) is 0 Å². The fourth-order valence-corrected chi connectivity index (χ4v) is 8.85. The van der Waals surface area contributed by atoms with Crippen LogP contribution in [-0.4, -0.2) is 0 Å². The summed E-state index contributed by atoms with van der Waals surface area (Å²) in [7, 11) is 0. The summed E-state index contributed by atoms with van der Waals surface area (Å²) < 4.78 is 0. The van der Waals surface area contributed by atoms with E-state index in [-0.39, 0.29) is 0 Å². The van der Waals surface area contributed by atoms with Crippen molar-refractivity contribution in [2.24, 2.45) is 0 Å². The minimum atomic E-state index is 1.10. The summed E-state index contributed by atoms with van der Waals surface area (Å²) in [5.74, 6) is 0. The van der Waals surface area contributed by atoms with Crippen molar-refractivity contribution in [1.82, 2.24) is 0 Å². The lowest BCUT2D eigenvalue weighted by molar-refractivity contribution is 1.28. The molecule has 0 N–H and O–H groups in total. The van der Waals surface area contributed by atoms with E-state index in [0.29, 0.717) is 0 Å². The first-order chi connectivity index (χ1) is 28.3. The van der Waals surface area contributed by atoms with Crippen LogP contribution in [-0.2, 0) is 0 Å². The molecule has 0 aromatic heterocycles. The summed E-state index contributed by atoms with van der Waals surface area (Å²) in [6, 6.07) is 81.9. The molecule has 0 amide bonds. The Morgan fingerprint density at radius 2 is 0.579 bits per heavy atom. The number of anilines is 3. The fourth-order valence-electron chi connectivity index (χ4n) is 8.85. The molecule has 0 aliphatic carbocycles. The number of rotatable bonds is 6. The van der Waals surface area contributed by atoms with Crippen LogP contribution in [0.15, 0.2) is 224 Å². The van der Waals surface area contributed by atoms with Gasteiger partial charge in [0.05, 0.1) is 0 Å². The predicted molar refractivity (Wildman–Crippen MR) is 245 cm³/mol. The summed E-state index contributed by atoms with van der Waals surface area (Å²) in [6.45, 7) is 0. The highest BCUT2D eigenvalue weighted by molar-refractivity contribution is 6.25. The molecule has 0 spiro atoms. The van der Waals surface area contributed by atoms with Crippen molar-refractivity contribution in [3.8, 4) is 33.4 Å². The molecule has 57 heavy (non-hydrogen) atoms. The van der Waals surface area contributed by atoms with Crippen LogP contribution in [0.1, 0.15) is 0 Å². The topological polar surface area (TPSA) is 3.24 Å². The van der Waals surface area contributed by atoms with Crippen LogP contribution >= 0.6 is 0 Å². The highest BCUT2D eigenvalue weighted by Gasteiger charge is 2.16. The zero-order chi connectivity index (χ0) is 37.7. The molecule has 0 atom stereocenters. The molecule has 0 aliphatic rings. The molecule has 0 saturated heterocycles. The maximum Gasteiger partial charge on any atom is 0.0462 e. The molecule has 0 heterocycles. The van der Waals surface area contributed by atoms with Crippen molar-refractivity contribution in [2.45, 2.75) is 0 Å². The molecule has 266 valence electrons. The molecule has 0 aliphatic heterocycles. The van der Waals surface area contributed by atoms with Crippen LogP contribution in [0.4, 0.5) is 17.1 Å². The zero-order valence-corrected chi connectivity index (χ0v) is 31.3. The maximum atomic E-state index is 2.37. The third-order valence-electron chi connectivity index (χ3n) is 11.6. The highest BCUT2D eigenvalue weighted by Crippen LogP contribution is 2.41. The molecular formula is C56H37N. The Hall–Kier alpha value is -7.48. The van der Waals surface area contributed by atoms with E-state index in [1.54, 1.807) is 0 Å². The van der Waals surface area contributed by atoms with E-state index in [1.807, 2.05) is 0 Å². The summed E-state index contributed by atoms with van der Waals surface area (Å²) in [4.78, 5) is 2.36. The number of fused-ring (bicyclic) bond motifs is 9. The monoisotopic (exact) mass is 723 g/mol. The Morgan fingerprint density at radius 3 is 1.14 bits per heavy atom. The highest BCUT2D eigenvalue weighted by atomic mass is 15.1. The van der Waals surface area contributed by atoms with Crippen LogP contribution in [0, 0.1) is 0 Å². The van der Waals surface area contributed by atoms with Gasteiger partial charge in [0, 0.05) is 17.1 Å². The number of hydrogen-bond acceptors (Lipinski definition) is 1. The molecule has 0 bridgehead atoms. The quantitative estimate of drug-likeness (QED) is 0.154. The first-order valence-corrected chi connectivity index (χ1v) is 19.7. The Kier molecular flexibility index (Phi) is 7.89. The van der Waals surface area contributed by atoms with Gasteiger partial charge in [0.2, 0.25) is 0 Å². The van der Waals surface area contributed by atoms with Crippen LogP contribution in [0.5, 0.6) is 0 Å². The van der Waals surface area contributed by atoms with Crippen LogP contribution in [0.25, 0.3) is 87.2 Å². The number of benzene rings is 11. The zero-order valence-electron chi connectivity index (χ0n) is 31.3. The average molecular weight is 724 g/mol. The molecule has 0 unspecified atom stereocenters. The fraction of sp³-hybridized carbons (Fsp3) is 0. The van der Waals surface area contributed by atoms with Gasteiger partial charge in [0.15, 0.2) is 0 Å². The van der Waals surface area contributed by atoms with Gasteiger partial charge in [-0.05, 0) is 136 Å². The summed E-state index contributed by atoms with van der Waals surface area (Å²) >= 11 is 0. The summed E-state index contributed by atoms with van der Waals surface area (Å²) in [5, 5.41) is 12.8. The molecule has 0 saturated carbocycles. The lowest BCUT2D eigenvalue weighted by Crippen LogP contribution is -2.09. The average Bonchev–Trinajstić information content (AvgIpc) is 3.30. The molecule has 0 fully saturated rings. The molecule has 11 rings (SSSR count). The van der Waals surface area contributed by atoms with E-state index in [9.17, 15) is 0 Å². The lowest BCUT2D eigenvalue weighted by Gasteiger charge is -2.26. The maximum absolute atomic E-state index is 2.37. The van der Waals surface area contributed by atoms with Gasteiger partial charge in [-0.25, -0.2) is 0 Å². The van der Waals surface area contributed by atoms with Crippen molar-refractivity contribution >= 4 is 70.9 Å². The van der Waals surface area contributed by atoms with Gasteiger partial charge in [-0.2, -0.15) is 0 Å². The number of nitrogens with zero attached hydrogens (tertiary/aromatic N) is 1. The van der Waals surface area contributed by atoms with Crippen LogP contribution in [0.3, 0.4) is 0 Å². The second kappa shape index (κ2) is 13.7. The standard InChI is InChI=1S/C56H37N/c1-2-12-38(13-3-1)39-22-29-44(30-23-39)57(46-33-26-41(27-34-46)55-37-43-14-4-5-15-47(43)48-16-6-10-20-52(48)55)45-31-24-40(25-32-45)42-28-35-54-51-19-8-7-17-49(51)50-18-9-11-21-53(50)56(54)36-42/h1-37H. The second-order valence-corrected chi connectivity index (χ2v) is 14.9. The van der Waals surface area contributed by atoms with Crippen LogP contribution < -0.4 is 4.90 Å². The van der Waals surface area contributed by atoms with Gasteiger partial charge >= 0.3 is 0 Å².